The predicted molar refractivity (Wildman–Crippen MR) is 138 cm³/mol. The van der Waals surface area contributed by atoms with Gasteiger partial charge in [0.15, 0.2) is 0 Å². The van der Waals surface area contributed by atoms with Crippen LogP contribution in [-0.2, 0) is 0 Å². The lowest BCUT2D eigenvalue weighted by atomic mass is 9.83. The zero-order valence-electron chi connectivity index (χ0n) is 21.0. The van der Waals surface area contributed by atoms with Gasteiger partial charge in [0.1, 0.15) is 0 Å². The summed E-state index contributed by atoms with van der Waals surface area (Å²) in [4.78, 5) is 6.75. The maximum absolute atomic E-state index is 4.47. The quantitative estimate of drug-likeness (QED) is 0.332. The molecule has 1 aromatic rings. The van der Waals surface area contributed by atoms with Crippen molar-refractivity contribution >= 4 is 6.21 Å². The molecule has 2 heteroatoms. The molecule has 1 aliphatic rings. The van der Waals surface area contributed by atoms with Crippen molar-refractivity contribution < 1.29 is 0 Å². The molecule has 0 fully saturated rings. The highest BCUT2D eigenvalue weighted by Gasteiger charge is 2.19. The average Bonchev–Trinajstić information content (AvgIpc) is 2.78. The van der Waals surface area contributed by atoms with Gasteiger partial charge < -0.3 is 4.90 Å². The molecule has 0 aliphatic heterocycles. The molecule has 0 radical (unpaired) electrons. The van der Waals surface area contributed by atoms with Gasteiger partial charge in [-0.25, -0.2) is 0 Å². The minimum atomic E-state index is 0.452. The van der Waals surface area contributed by atoms with E-state index in [4.69, 9.17) is 0 Å². The second-order valence-electron chi connectivity index (χ2n) is 9.25. The number of nitrogens with zero attached hydrogens (tertiary/aromatic N) is 2. The lowest BCUT2D eigenvalue weighted by molar-refractivity contribution is 0.478. The number of hydrogen-bond donors (Lipinski definition) is 0. The van der Waals surface area contributed by atoms with E-state index in [1.54, 1.807) is 0 Å². The number of rotatable bonds is 11. The van der Waals surface area contributed by atoms with Gasteiger partial charge in [0.2, 0.25) is 0 Å². The third kappa shape index (κ3) is 7.23. The Morgan fingerprint density at radius 3 is 2.65 bits per heavy atom. The van der Waals surface area contributed by atoms with E-state index >= 15 is 0 Å². The molecule has 0 saturated carbocycles. The van der Waals surface area contributed by atoms with Gasteiger partial charge in [-0.15, -0.1) is 0 Å². The van der Waals surface area contributed by atoms with Crippen molar-refractivity contribution in [2.75, 3.05) is 20.6 Å². The molecule has 0 saturated heterocycles. The second kappa shape index (κ2) is 12.7. The van der Waals surface area contributed by atoms with Crippen molar-refractivity contribution in [1.82, 2.24) is 4.90 Å². The van der Waals surface area contributed by atoms with Crippen LogP contribution in [-0.4, -0.2) is 31.8 Å². The Kier molecular flexibility index (Phi) is 10.3. The minimum absolute atomic E-state index is 0.452. The average molecular weight is 421 g/mol. The molecule has 31 heavy (non-hydrogen) atoms. The summed E-state index contributed by atoms with van der Waals surface area (Å²) < 4.78 is 0. The van der Waals surface area contributed by atoms with Crippen LogP contribution in [0.15, 0.2) is 64.3 Å². The van der Waals surface area contributed by atoms with Crippen LogP contribution in [0, 0.1) is 5.92 Å². The van der Waals surface area contributed by atoms with Crippen molar-refractivity contribution in [3.63, 3.8) is 0 Å². The van der Waals surface area contributed by atoms with E-state index in [1.807, 2.05) is 13.1 Å². The Hall–Kier alpha value is -2.09. The van der Waals surface area contributed by atoms with E-state index in [0.717, 1.165) is 19.4 Å². The maximum Gasteiger partial charge on any atom is 0.0413 e. The summed E-state index contributed by atoms with van der Waals surface area (Å²) in [7, 11) is 4.34. The summed E-state index contributed by atoms with van der Waals surface area (Å²) in [5.74, 6) is 1.74. The number of likely N-dealkylation sites (N-methyl/N-ethyl adjacent to an activating group) is 1. The fraction of sp³-hybridized carbons (Fsp3) is 0.552. The van der Waals surface area contributed by atoms with Gasteiger partial charge >= 0.3 is 0 Å². The lowest BCUT2D eigenvalue weighted by Gasteiger charge is -2.27. The molecule has 0 spiro atoms. The summed E-state index contributed by atoms with van der Waals surface area (Å²) >= 11 is 0. The summed E-state index contributed by atoms with van der Waals surface area (Å²) in [6, 6.07) is 9.25. The van der Waals surface area contributed by atoms with Crippen molar-refractivity contribution in [3.05, 3.63) is 70.5 Å². The third-order valence-corrected chi connectivity index (χ3v) is 6.78. The highest BCUT2D eigenvalue weighted by molar-refractivity contribution is 5.53. The van der Waals surface area contributed by atoms with Gasteiger partial charge in [-0.05, 0) is 79.9 Å². The zero-order chi connectivity index (χ0) is 22.8. The Morgan fingerprint density at radius 1 is 1.23 bits per heavy atom. The van der Waals surface area contributed by atoms with Crippen molar-refractivity contribution in [2.45, 2.75) is 78.6 Å². The van der Waals surface area contributed by atoms with Gasteiger partial charge in [-0.3, -0.25) is 4.99 Å². The number of aliphatic imine (C=N–C) groups is 1. The zero-order valence-corrected chi connectivity index (χ0v) is 21.0. The fourth-order valence-electron chi connectivity index (χ4n) is 4.33. The van der Waals surface area contributed by atoms with Crippen molar-refractivity contribution in [2.24, 2.45) is 10.9 Å². The Morgan fingerprint density at radius 2 is 2.00 bits per heavy atom. The SMILES string of the molecule is CC=NCC(CC)CCC=C(C1=CC(c2cccc(C(C)CC)c2)CC=C1C)N(C)C. The fourth-order valence-corrected chi connectivity index (χ4v) is 4.33. The Labute approximate surface area is 191 Å². The maximum atomic E-state index is 4.47. The Bertz CT molecular complexity index is 810. The molecular formula is C29H44N2. The van der Waals surface area contributed by atoms with Crippen LogP contribution in [0.25, 0.3) is 0 Å². The van der Waals surface area contributed by atoms with Crippen LogP contribution in [0.5, 0.6) is 0 Å². The summed E-state index contributed by atoms with van der Waals surface area (Å²) in [6.45, 7) is 12.1. The minimum Gasteiger partial charge on any atom is -0.377 e. The molecule has 0 bridgehead atoms. The topological polar surface area (TPSA) is 15.6 Å². The molecule has 0 heterocycles. The molecule has 3 unspecified atom stereocenters. The van der Waals surface area contributed by atoms with Crippen molar-refractivity contribution in [3.8, 4) is 0 Å². The van der Waals surface area contributed by atoms with Gasteiger partial charge in [0.25, 0.3) is 0 Å². The molecule has 0 N–H and O–H groups in total. The molecule has 0 aromatic heterocycles. The smallest absolute Gasteiger partial charge is 0.0413 e. The molecule has 2 nitrogen and oxygen atoms in total. The van der Waals surface area contributed by atoms with Gasteiger partial charge in [0.05, 0.1) is 0 Å². The van der Waals surface area contributed by atoms with Crippen LogP contribution in [0.1, 0.15) is 89.7 Å². The first kappa shape index (κ1) is 25.2. The van der Waals surface area contributed by atoms with Gasteiger partial charge in [-0.1, -0.05) is 69.7 Å². The van der Waals surface area contributed by atoms with Crippen LogP contribution < -0.4 is 0 Å². The first-order chi connectivity index (χ1) is 14.9. The summed E-state index contributed by atoms with van der Waals surface area (Å²) in [5, 5.41) is 0. The Balaban J connectivity index is 2.25. The first-order valence-corrected chi connectivity index (χ1v) is 12.2. The number of hydrogen-bond acceptors (Lipinski definition) is 2. The van der Waals surface area contributed by atoms with Gasteiger partial charge in [-0.2, -0.15) is 0 Å². The van der Waals surface area contributed by atoms with Gasteiger partial charge in [0, 0.05) is 32.3 Å². The van der Waals surface area contributed by atoms with E-state index in [1.165, 1.54) is 47.2 Å². The molecule has 170 valence electrons. The van der Waals surface area contributed by atoms with Crippen molar-refractivity contribution in [1.29, 1.82) is 0 Å². The molecular weight excluding hydrogens is 376 g/mol. The molecule has 1 aliphatic carbocycles. The third-order valence-electron chi connectivity index (χ3n) is 6.78. The first-order valence-electron chi connectivity index (χ1n) is 12.2. The van der Waals surface area contributed by atoms with Crippen LogP contribution in [0.2, 0.25) is 0 Å². The van der Waals surface area contributed by atoms with E-state index in [-0.39, 0.29) is 0 Å². The highest BCUT2D eigenvalue weighted by Crippen LogP contribution is 2.35. The van der Waals surface area contributed by atoms with Crippen LogP contribution >= 0.6 is 0 Å². The summed E-state index contributed by atoms with van der Waals surface area (Å²) in [5.41, 5.74) is 7.06. The number of allylic oxidation sites excluding steroid dienone is 4. The molecule has 1 aromatic carbocycles. The predicted octanol–water partition coefficient (Wildman–Crippen LogP) is 7.90. The van der Waals surface area contributed by atoms with Crippen LogP contribution in [0.3, 0.4) is 0 Å². The molecule has 0 amide bonds. The van der Waals surface area contributed by atoms with E-state index in [9.17, 15) is 0 Å². The lowest BCUT2D eigenvalue weighted by Crippen LogP contribution is -2.16. The normalized spacial score (nSPS) is 19.2. The van der Waals surface area contributed by atoms with E-state index in [2.05, 4.69) is 94.2 Å². The summed E-state index contributed by atoms with van der Waals surface area (Å²) in [6.07, 6.45) is 15.1. The molecule has 2 rings (SSSR count). The van der Waals surface area contributed by atoms with Crippen LogP contribution in [0.4, 0.5) is 0 Å². The molecule has 3 atom stereocenters. The largest absolute Gasteiger partial charge is 0.377 e. The van der Waals surface area contributed by atoms with E-state index in [0.29, 0.717) is 17.8 Å². The second-order valence-corrected chi connectivity index (χ2v) is 9.25. The van der Waals surface area contributed by atoms with E-state index < -0.39 is 0 Å². The number of benzene rings is 1. The standard InChI is InChI=1S/C29H44N2/c1-8-22(4)25-14-12-15-26(19-25)27-18-17-23(5)28(20-27)29(31(6)7)16-11-13-24(9-2)21-30-10-3/h10,12,14-17,19-20,22,24,27H,8-9,11,13,18,21H2,1-7H3. The highest BCUT2D eigenvalue weighted by atomic mass is 15.1. The monoisotopic (exact) mass is 420 g/mol.